The zero-order valence-corrected chi connectivity index (χ0v) is 32.8. The van der Waals surface area contributed by atoms with Gasteiger partial charge in [-0.3, -0.25) is 0 Å². The van der Waals surface area contributed by atoms with Crippen molar-refractivity contribution in [3.05, 3.63) is 179 Å². The number of rotatable bonds is 7. The first-order chi connectivity index (χ1) is 26.9. The van der Waals surface area contributed by atoms with Crippen LogP contribution in [-0.4, -0.2) is 0 Å². The van der Waals surface area contributed by atoms with Crippen LogP contribution in [0.2, 0.25) is 0 Å². The van der Waals surface area contributed by atoms with Crippen LogP contribution >= 0.6 is 0 Å². The number of aryl methyl sites for hydroxylation is 1. The first kappa shape index (κ1) is 33.8. The summed E-state index contributed by atoms with van der Waals surface area (Å²) in [5.74, 6) is 0. The molecule has 0 spiro atoms. The fourth-order valence-electron chi connectivity index (χ4n) is 10.8. The van der Waals surface area contributed by atoms with E-state index in [1.54, 1.807) is 0 Å². The molecule has 0 fully saturated rings. The van der Waals surface area contributed by atoms with E-state index in [9.17, 15) is 0 Å². The van der Waals surface area contributed by atoms with Gasteiger partial charge in [-0.05, 0) is 168 Å². The van der Waals surface area contributed by atoms with Crippen molar-refractivity contribution in [1.29, 1.82) is 0 Å². The number of benzene rings is 8. The van der Waals surface area contributed by atoms with Crippen LogP contribution in [-0.2, 0) is 10.8 Å². The summed E-state index contributed by atoms with van der Waals surface area (Å²) in [5, 5.41) is 5.22. The van der Waals surface area contributed by atoms with E-state index in [1.165, 1.54) is 105 Å². The molecule has 10 rings (SSSR count). The summed E-state index contributed by atoms with van der Waals surface area (Å²) in [7, 11) is 0. The summed E-state index contributed by atoms with van der Waals surface area (Å²) in [6.45, 7) is 11.8. The summed E-state index contributed by atoms with van der Waals surface area (Å²) in [4.78, 5) is 0. The molecule has 0 atom stereocenters. The second-order valence-corrected chi connectivity index (χ2v) is 16.1. The minimum Gasteiger partial charge on any atom is -0.0642 e. The van der Waals surface area contributed by atoms with E-state index >= 15 is 0 Å². The first-order valence-electron chi connectivity index (χ1n) is 20.5. The van der Waals surface area contributed by atoms with E-state index in [0.717, 1.165) is 25.7 Å². The molecule has 0 heteroatoms. The predicted molar refractivity (Wildman–Crippen MR) is 236 cm³/mol. The highest BCUT2D eigenvalue weighted by Gasteiger charge is 2.42. The quantitative estimate of drug-likeness (QED) is 0.155. The molecule has 2 aliphatic carbocycles. The fourth-order valence-corrected chi connectivity index (χ4v) is 10.8. The standard InChI is InChI=1S/C55H48/c1-6-54(7-2)50-31-40(39-19-18-36-14-10-11-16-38(36)30-39)21-26-46(50)47-27-22-41(32-51(47)54)42-23-28-48-49-29-24-43(34-53(49)55(8-3,9-4)52(48)33-42)45-25-20-37-15-12-13-17-44(37)35(45)5/h10-34H,6-9H2,1-5H3. The van der Waals surface area contributed by atoms with Crippen molar-refractivity contribution in [2.75, 3.05) is 0 Å². The SMILES string of the molecule is CCC1(CC)c2cc(-c3ccc4c(c3)C(CC)(CC)c3cc(-c5ccc6ccccc6c5C)ccc3-4)ccc2-c2ccc(-c3ccc4ccccc4c3)cc21. The van der Waals surface area contributed by atoms with Crippen LogP contribution in [0.3, 0.4) is 0 Å². The molecule has 0 amide bonds. The number of hydrogen-bond acceptors (Lipinski definition) is 0. The Kier molecular flexibility index (Phi) is 7.79. The van der Waals surface area contributed by atoms with E-state index in [-0.39, 0.29) is 10.8 Å². The lowest BCUT2D eigenvalue weighted by molar-refractivity contribution is 0.490. The van der Waals surface area contributed by atoms with Gasteiger partial charge in [0.15, 0.2) is 0 Å². The summed E-state index contributed by atoms with van der Waals surface area (Å²) in [5.41, 5.74) is 20.7. The molecule has 0 nitrogen and oxygen atoms in total. The van der Waals surface area contributed by atoms with Crippen molar-refractivity contribution in [3.8, 4) is 55.6 Å². The highest BCUT2D eigenvalue weighted by molar-refractivity contribution is 5.94. The number of fused-ring (bicyclic) bond motifs is 8. The molecule has 8 aromatic rings. The Labute approximate surface area is 326 Å². The van der Waals surface area contributed by atoms with E-state index in [4.69, 9.17) is 0 Å². The second kappa shape index (κ2) is 12.7. The molecule has 0 heterocycles. The minimum absolute atomic E-state index is 0.0195. The van der Waals surface area contributed by atoms with Gasteiger partial charge < -0.3 is 0 Å². The van der Waals surface area contributed by atoms with Crippen LogP contribution in [0.5, 0.6) is 0 Å². The van der Waals surface area contributed by atoms with Gasteiger partial charge in [0.05, 0.1) is 0 Å². The molecule has 0 aromatic heterocycles. The van der Waals surface area contributed by atoms with Crippen molar-refractivity contribution in [3.63, 3.8) is 0 Å². The molecule has 0 bridgehead atoms. The van der Waals surface area contributed by atoms with Crippen molar-refractivity contribution in [2.24, 2.45) is 0 Å². The van der Waals surface area contributed by atoms with Crippen LogP contribution in [0.15, 0.2) is 152 Å². The van der Waals surface area contributed by atoms with E-state index < -0.39 is 0 Å². The summed E-state index contributed by atoms with van der Waals surface area (Å²) in [6, 6.07) is 58.1. The Bertz CT molecular complexity index is 2820. The Morgan fingerprint density at radius 1 is 0.327 bits per heavy atom. The van der Waals surface area contributed by atoms with Gasteiger partial charge in [-0.1, -0.05) is 149 Å². The average molecular weight is 709 g/mol. The van der Waals surface area contributed by atoms with Crippen molar-refractivity contribution >= 4 is 21.5 Å². The molecular formula is C55H48. The normalized spacial score (nSPS) is 14.5. The van der Waals surface area contributed by atoms with Gasteiger partial charge in [-0.15, -0.1) is 0 Å². The second-order valence-electron chi connectivity index (χ2n) is 16.1. The fraction of sp³-hybridized carbons (Fsp3) is 0.200. The Morgan fingerprint density at radius 2 is 0.691 bits per heavy atom. The van der Waals surface area contributed by atoms with Crippen LogP contribution in [0.4, 0.5) is 0 Å². The Balaban J connectivity index is 1.05. The monoisotopic (exact) mass is 708 g/mol. The smallest absolute Gasteiger partial charge is 0.0210 e. The highest BCUT2D eigenvalue weighted by atomic mass is 14.5. The van der Waals surface area contributed by atoms with Gasteiger partial charge in [0, 0.05) is 10.8 Å². The van der Waals surface area contributed by atoms with E-state index in [0.29, 0.717) is 0 Å². The highest BCUT2D eigenvalue weighted by Crippen LogP contribution is 2.56. The Morgan fingerprint density at radius 3 is 1.20 bits per heavy atom. The first-order valence-corrected chi connectivity index (χ1v) is 20.5. The Hall–Kier alpha value is -5.72. The zero-order valence-electron chi connectivity index (χ0n) is 32.8. The van der Waals surface area contributed by atoms with Gasteiger partial charge in [-0.25, -0.2) is 0 Å². The third-order valence-corrected chi connectivity index (χ3v) is 14.1. The van der Waals surface area contributed by atoms with Gasteiger partial charge >= 0.3 is 0 Å². The van der Waals surface area contributed by atoms with Gasteiger partial charge in [-0.2, -0.15) is 0 Å². The molecule has 2 aliphatic rings. The lowest BCUT2D eigenvalue weighted by Gasteiger charge is -2.31. The molecular weight excluding hydrogens is 661 g/mol. The molecule has 0 N–H and O–H groups in total. The third kappa shape index (κ3) is 4.83. The molecule has 0 radical (unpaired) electrons. The molecule has 55 heavy (non-hydrogen) atoms. The predicted octanol–water partition coefficient (Wildman–Crippen LogP) is 15.5. The van der Waals surface area contributed by atoms with Gasteiger partial charge in [0.25, 0.3) is 0 Å². The van der Waals surface area contributed by atoms with E-state index in [2.05, 4.69) is 186 Å². The lowest BCUT2D eigenvalue weighted by atomic mass is 9.72. The van der Waals surface area contributed by atoms with E-state index in [1.807, 2.05) is 0 Å². The number of hydrogen-bond donors (Lipinski definition) is 0. The lowest BCUT2D eigenvalue weighted by Crippen LogP contribution is -2.23. The van der Waals surface area contributed by atoms with Crippen molar-refractivity contribution in [1.82, 2.24) is 0 Å². The molecule has 0 saturated heterocycles. The topological polar surface area (TPSA) is 0 Å². The van der Waals surface area contributed by atoms with Crippen molar-refractivity contribution in [2.45, 2.75) is 71.1 Å². The molecule has 0 unspecified atom stereocenters. The third-order valence-electron chi connectivity index (χ3n) is 14.1. The molecule has 8 aromatic carbocycles. The largest absolute Gasteiger partial charge is 0.0642 e. The van der Waals surface area contributed by atoms with Crippen LogP contribution in [0.1, 0.15) is 81.2 Å². The molecule has 268 valence electrons. The average Bonchev–Trinajstić information content (AvgIpc) is 3.69. The van der Waals surface area contributed by atoms with Gasteiger partial charge in [0.2, 0.25) is 0 Å². The van der Waals surface area contributed by atoms with Crippen molar-refractivity contribution < 1.29 is 0 Å². The summed E-state index contributed by atoms with van der Waals surface area (Å²) in [6.07, 6.45) is 4.28. The molecule has 0 saturated carbocycles. The zero-order chi connectivity index (χ0) is 37.5. The minimum atomic E-state index is -0.0236. The maximum Gasteiger partial charge on any atom is 0.0210 e. The van der Waals surface area contributed by atoms with Gasteiger partial charge in [0.1, 0.15) is 0 Å². The molecule has 0 aliphatic heterocycles. The maximum atomic E-state index is 2.55. The van der Waals surface area contributed by atoms with Crippen LogP contribution in [0, 0.1) is 6.92 Å². The maximum absolute atomic E-state index is 2.55. The van der Waals surface area contributed by atoms with Crippen LogP contribution in [0.25, 0.3) is 77.2 Å². The van der Waals surface area contributed by atoms with Crippen LogP contribution < -0.4 is 0 Å². The summed E-state index contributed by atoms with van der Waals surface area (Å²) >= 11 is 0. The summed E-state index contributed by atoms with van der Waals surface area (Å²) < 4.78 is 0.